The second-order valence-corrected chi connectivity index (χ2v) is 13.3. The molecule has 0 unspecified atom stereocenters. The Balaban J connectivity index is 1.03. The van der Waals surface area contributed by atoms with E-state index in [2.05, 4.69) is 217 Å². The Bertz CT molecular complexity index is 1930. The molecule has 52 heavy (non-hydrogen) atoms. The van der Waals surface area contributed by atoms with Crippen LogP contribution in [0.25, 0.3) is 11.1 Å². The highest BCUT2D eigenvalue weighted by atomic mass is 15.1. The lowest BCUT2D eigenvalue weighted by atomic mass is 9.94. The summed E-state index contributed by atoms with van der Waals surface area (Å²) >= 11 is 0. The van der Waals surface area contributed by atoms with Gasteiger partial charge in [0.2, 0.25) is 0 Å². The standard InChI is InChI=1S/C50H44N2/c1-39(47-27-31-49(32-28-47)51(35-41-15-7-3-8-16-41)36-42-17-9-4-10-18-42)45-23-25-46(26-24-45)40(2)48-29-33-50(34-30-48)52(37-43-19-11-5-12-20-43)38-44-21-13-6-14-22-44/h3-34H,1-2,35-38H2. The summed E-state index contributed by atoms with van der Waals surface area (Å²) in [6, 6.07) is 68.9. The van der Waals surface area contributed by atoms with Crippen molar-refractivity contribution in [3.63, 3.8) is 0 Å². The van der Waals surface area contributed by atoms with Crippen LogP contribution in [0, 0.1) is 0 Å². The molecule has 0 bridgehead atoms. The first-order chi connectivity index (χ1) is 25.6. The quantitative estimate of drug-likeness (QED) is 0.113. The van der Waals surface area contributed by atoms with Crippen LogP contribution in [0.2, 0.25) is 0 Å². The van der Waals surface area contributed by atoms with E-state index in [1.54, 1.807) is 0 Å². The summed E-state index contributed by atoms with van der Waals surface area (Å²) in [5.74, 6) is 0. The zero-order chi connectivity index (χ0) is 35.5. The molecule has 2 heteroatoms. The fraction of sp³-hybridized carbons (Fsp3) is 0.0800. The van der Waals surface area contributed by atoms with E-state index >= 15 is 0 Å². The Kier molecular flexibility index (Phi) is 10.8. The third-order valence-corrected chi connectivity index (χ3v) is 9.61. The van der Waals surface area contributed by atoms with Crippen molar-refractivity contribution in [2.24, 2.45) is 0 Å². The number of anilines is 2. The molecule has 0 atom stereocenters. The van der Waals surface area contributed by atoms with Crippen LogP contribution in [0.4, 0.5) is 11.4 Å². The van der Waals surface area contributed by atoms with E-state index in [0.29, 0.717) is 0 Å². The van der Waals surface area contributed by atoms with Gasteiger partial charge in [0.15, 0.2) is 0 Å². The molecule has 254 valence electrons. The number of hydrogen-bond donors (Lipinski definition) is 0. The molecule has 0 aliphatic heterocycles. The monoisotopic (exact) mass is 672 g/mol. The van der Waals surface area contributed by atoms with E-state index in [4.69, 9.17) is 0 Å². The molecule has 0 aromatic heterocycles. The van der Waals surface area contributed by atoms with E-state index in [0.717, 1.165) is 59.6 Å². The van der Waals surface area contributed by atoms with Gasteiger partial charge in [0.05, 0.1) is 0 Å². The number of hydrogen-bond acceptors (Lipinski definition) is 2. The van der Waals surface area contributed by atoms with Gasteiger partial charge < -0.3 is 9.80 Å². The average molecular weight is 673 g/mol. The van der Waals surface area contributed by atoms with Crippen molar-refractivity contribution in [3.8, 4) is 0 Å². The molecular weight excluding hydrogens is 629 g/mol. The van der Waals surface area contributed by atoms with Gasteiger partial charge in [-0.05, 0) is 79.9 Å². The van der Waals surface area contributed by atoms with Gasteiger partial charge in [-0.15, -0.1) is 0 Å². The Hall–Kier alpha value is -6.38. The third kappa shape index (κ3) is 8.67. The Morgan fingerprint density at radius 3 is 0.731 bits per heavy atom. The first kappa shape index (κ1) is 34.1. The highest BCUT2D eigenvalue weighted by Crippen LogP contribution is 2.30. The molecule has 0 aliphatic rings. The molecule has 7 aromatic carbocycles. The van der Waals surface area contributed by atoms with Crippen LogP contribution >= 0.6 is 0 Å². The molecule has 2 nitrogen and oxygen atoms in total. The van der Waals surface area contributed by atoms with Crippen molar-refractivity contribution in [1.29, 1.82) is 0 Å². The second-order valence-electron chi connectivity index (χ2n) is 13.3. The van der Waals surface area contributed by atoms with Crippen LogP contribution < -0.4 is 9.80 Å². The maximum absolute atomic E-state index is 4.48. The molecule has 0 saturated heterocycles. The van der Waals surface area contributed by atoms with E-state index in [9.17, 15) is 0 Å². The molecule has 7 aromatic rings. The normalized spacial score (nSPS) is 10.8. The molecule has 0 N–H and O–H groups in total. The zero-order valence-corrected chi connectivity index (χ0v) is 29.6. The summed E-state index contributed by atoms with van der Waals surface area (Å²) in [6.07, 6.45) is 0. The summed E-state index contributed by atoms with van der Waals surface area (Å²) in [5, 5.41) is 0. The smallest absolute Gasteiger partial charge is 0.0433 e. The lowest BCUT2D eigenvalue weighted by Gasteiger charge is -2.26. The number of rotatable bonds is 14. The molecule has 0 spiro atoms. The van der Waals surface area contributed by atoms with E-state index < -0.39 is 0 Å². The van der Waals surface area contributed by atoms with Gasteiger partial charge >= 0.3 is 0 Å². The van der Waals surface area contributed by atoms with Crippen molar-refractivity contribution in [2.45, 2.75) is 26.2 Å². The van der Waals surface area contributed by atoms with Crippen LogP contribution in [-0.4, -0.2) is 0 Å². The minimum atomic E-state index is 0.837. The number of benzene rings is 7. The summed E-state index contributed by atoms with van der Waals surface area (Å²) in [6.45, 7) is 12.3. The average Bonchev–Trinajstić information content (AvgIpc) is 3.21. The van der Waals surface area contributed by atoms with Gasteiger partial charge in [-0.1, -0.05) is 183 Å². The Labute approximate surface area is 309 Å². The fourth-order valence-electron chi connectivity index (χ4n) is 6.64. The Morgan fingerprint density at radius 1 is 0.288 bits per heavy atom. The summed E-state index contributed by atoms with van der Waals surface area (Å²) in [4.78, 5) is 4.85. The highest BCUT2D eigenvalue weighted by molar-refractivity contribution is 5.82. The maximum Gasteiger partial charge on any atom is 0.0433 e. The molecular formula is C50H44N2. The van der Waals surface area contributed by atoms with Crippen LogP contribution in [0.1, 0.15) is 44.5 Å². The van der Waals surface area contributed by atoms with Crippen molar-refractivity contribution >= 4 is 22.5 Å². The van der Waals surface area contributed by atoms with Crippen LogP contribution in [0.3, 0.4) is 0 Å². The molecule has 0 amide bonds. The van der Waals surface area contributed by atoms with Crippen molar-refractivity contribution in [2.75, 3.05) is 9.80 Å². The maximum atomic E-state index is 4.48. The topological polar surface area (TPSA) is 6.48 Å². The SMILES string of the molecule is C=C(c1ccc(C(=C)c2ccc(N(Cc3ccccc3)Cc3ccccc3)cc2)cc1)c1ccc(N(Cc2ccccc2)Cc2ccccc2)cc1. The van der Waals surface area contributed by atoms with Crippen molar-refractivity contribution in [3.05, 3.63) is 252 Å². The van der Waals surface area contributed by atoms with Gasteiger partial charge in [0.25, 0.3) is 0 Å². The summed E-state index contributed by atoms with van der Waals surface area (Å²) in [5.41, 5.74) is 14.0. The van der Waals surface area contributed by atoms with Crippen molar-refractivity contribution in [1.82, 2.24) is 0 Å². The molecule has 7 rings (SSSR count). The Morgan fingerprint density at radius 2 is 0.500 bits per heavy atom. The minimum absolute atomic E-state index is 0.837. The fourth-order valence-corrected chi connectivity index (χ4v) is 6.64. The second kappa shape index (κ2) is 16.6. The minimum Gasteiger partial charge on any atom is -0.363 e. The van der Waals surface area contributed by atoms with Gasteiger partial charge in [-0.25, -0.2) is 0 Å². The predicted octanol–water partition coefficient (Wildman–Crippen LogP) is 12.2. The number of nitrogens with zero attached hydrogens (tertiary/aromatic N) is 2. The van der Waals surface area contributed by atoms with Crippen LogP contribution in [-0.2, 0) is 26.2 Å². The largest absolute Gasteiger partial charge is 0.363 e. The molecule has 0 radical (unpaired) electrons. The predicted molar refractivity (Wildman–Crippen MR) is 221 cm³/mol. The van der Waals surface area contributed by atoms with Crippen molar-refractivity contribution < 1.29 is 0 Å². The lowest BCUT2D eigenvalue weighted by molar-refractivity contribution is 0.800. The molecule has 0 saturated carbocycles. The van der Waals surface area contributed by atoms with Gasteiger partial charge in [0, 0.05) is 37.6 Å². The lowest BCUT2D eigenvalue weighted by Crippen LogP contribution is -2.22. The van der Waals surface area contributed by atoms with Crippen LogP contribution in [0.15, 0.2) is 207 Å². The van der Waals surface area contributed by atoms with E-state index in [1.165, 1.54) is 33.6 Å². The van der Waals surface area contributed by atoms with Crippen LogP contribution in [0.5, 0.6) is 0 Å². The van der Waals surface area contributed by atoms with E-state index in [1.807, 2.05) is 0 Å². The highest BCUT2D eigenvalue weighted by Gasteiger charge is 2.13. The van der Waals surface area contributed by atoms with E-state index in [-0.39, 0.29) is 0 Å². The summed E-state index contributed by atoms with van der Waals surface area (Å²) in [7, 11) is 0. The molecule has 0 heterocycles. The summed E-state index contributed by atoms with van der Waals surface area (Å²) < 4.78 is 0. The third-order valence-electron chi connectivity index (χ3n) is 9.61. The van der Waals surface area contributed by atoms with Gasteiger partial charge in [0.1, 0.15) is 0 Å². The van der Waals surface area contributed by atoms with Gasteiger partial charge in [-0.2, -0.15) is 0 Å². The van der Waals surface area contributed by atoms with Gasteiger partial charge in [-0.3, -0.25) is 0 Å². The first-order valence-corrected chi connectivity index (χ1v) is 17.9. The molecule has 0 fully saturated rings. The zero-order valence-electron chi connectivity index (χ0n) is 29.6. The first-order valence-electron chi connectivity index (χ1n) is 17.9. The molecule has 0 aliphatic carbocycles.